The van der Waals surface area contributed by atoms with Gasteiger partial charge in [0.25, 0.3) is 0 Å². The summed E-state index contributed by atoms with van der Waals surface area (Å²) in [5, 5.41) is 14.2. The van der Waals surface area contributed by atoms with E-state index in [-0.39, 0.29) is 0 Å². The van der Waals surface area contributed by atoms with Crippen LogP contribution in [-0.2, 0) is 26.2 Å². The molecule has 0 spiro atoms. The van der Waals surface area contributed by atoms with Crippen LogP contribution in [0.4, 0.5) is 0 Å². The SMILES string of the molecule is CC(O)c1cc2n(n1)CCN(Cc1ccccc1OCCn1ccnc1)C2. The first-order chi connectivity index (χ1) is 13.2. The summed E-state index contributed by atoms with van der Waals surface area (Å²) in [5.74, 6) is 0.932. The Morgan fingerprint density at radius 2 is 2.15 bits per heavy atom. The third-order valence-electron chi connectivity index (χ3n) is 4.86. The molecule has 3 aromatic rings. The first kappa shape index (κ1) is 17.8. The van der Waals surface area contributed by atoms with E-state index in [4.69, 9.17) is 4.74 Å². The third-order valence-corrected chi connectivity index (χ3v) is 4.86. The van der Waals surface area contributed by atoms with Crippen LogP contribution in [0.25, 0.3) is 0 Å². The summed E-state index contributed by atoms with van der Waals surface area (Å²) in [7, 11) is 0. The fraction of sp³-hybridized carbons (Fsp3) is 0.400. The lowest BCUT2D eigenvalue weighted by molar-refractivity contribution is 0.188. The summed E-state index contributed by atoms with van der Waals surface area (Å²) in [4.78, 5) is 6.44. The number of aromatic nitrogens is 4. The molecule has 7 nitrogen and oxygen atoms in total. The molecule has 27 heavy (non-hydrogen) atoms. The summed E-state index contributed by atoms with van der Waals surface area (Å²) in [6.07, 6.45) is 4.99. The second kappa shape index (κ2) is 7.94. The van der Waals surface area contributed by atoms with Gasteiger partial charge in [-0.2, -0.15) is 5.10 Å². The molecule has 1 aliphatic rings. The van der Waals surface area contributed by atoms with Crippen molar-refractivity contribution in [2.75, 3.05) is 13.2 Å². The third kappa shape index (κ3) is 4.20. The Balaban J connectivity index is 1.39. The van der Waals surface area contributed by atoms with Gasteiger partial charge >= 0.3 is 0 Å². The predicted octanol–water partition coefficient (Wildman–Crippen LogP) is 2.23. The van der Waals surface area contributed by atoms with Gasteiger partial charge in [-0.25, -0.2) is 4.98 Å². The highest BCUT2D eigenvalue weighted by atomic mass is 16.5. The van der Waals surface area contributed by atoms with Gasteiger partial charge in [0, 0.05) is 37.6 Å². The normalized spacial score (nSPS) is 15.5. The van der Waals surface area contributed by atoms with Crippen LogP contribution in [0.1, 0.15) is 30.0 Å². The van der Waals surface area contributed by atoms with Crippen LogP contribution in [0.2, 0.25) is 0 Å². The number of ether oxygens (including phenoxy) is 1. The number of aliphatic hydroxyl groups is 1. The standard InChI is InChI=1S/C20H25N5O2/c1-16(26)19-12-18-14-24(8-9-25(18)22-19)13-17-4-2-3-5-20(17)27-11-10-23-7-6-21-15-23/h2-7,12,15-16,26H,8-11,13-14H2,1H3. The second-order valence-electron chi connectivity index (χ2n) is 6.93. The minimum atomic E-state index is -0.527. The highest BCUT2D eigenvalue weighted by molar-refractivity contribution is 5.33. The van der Waals surface area contributed by atoms with Crippen molar-refractivity contribution in [3.8, 4) is 5.75 Å². The summed E-state index contributed by atoms with van der Waals surface area (Å²) < 4.78 is 10.0. The van der Waals surface area contributed by atoms with Crippen molar-refractivity contribution in [2.24, 2.45) is 0 Å². The molecule has 1 aromatic carbocycles. The van der Waals surface area contributed by atoms with Gasteiger partial charge in [-0.1, -0.05) is 18.2 Å². The molecule has 1 aliphatic heterocycles. The van der Waals surface area contributed by atoms with E-state index in [2.05, 4.69) is 27.1 Å². The first-order valence-electron chi connectivity index (χ1n) is 9.32. The molecule has 2 aromatic heterocycles. The fourth-order valence-corrected chi connectivity index (χ4v) is 3.38. The minimum absolute atomic E-state index is 0.527. The summed E-state index contributed by atoms with van der Waals surface area (Å²) in [6.45, 7) is 6.56. The quantitative estimate of drug-likeness (QED) is 0.694. The number of benzene rings is 1. The Morgan fingerprint density at radius 3 is 2.96 bits per heavy atom. The summed E-state index contributed by atoms with van der Waals surface area (Å²) in [6, 6.07) is 10.2. The van der Waals surface area contributed by atoms with Gasteiger partial charge in [-0.15, -0.1) is 0 Å². The van der Waals surface area contributed by atoms with Crippen molar-refractivity contribution in [2.45, 2.75) is 39.2 Å². The Labute approximate surface area is 158 Å². The van der Waals surface area contributed by atoms with Gasteiger partial charge < -0.3 is 14.4 Å². The van der Waals surface area contributed by atoms with Crippen molar-refractivity contribution >= 4 is 0 Å². The number of para-hydroxylation sites is 1. The zero-order valence-electron chi connectivity index (χ0n) is 15.5. The predicted molar refractivity (Wildman–Crippen MR) is 101 cm³/mol. The minimum Gasteiger partial charge on any atom is -0.491 e. The van der Waals surface area contributed by atoms with Crippen LogP contribution in [0, 0.1) is 0 Å². The molecule has 0 radical (unpaired) electrons. The van der Waals surface area contributed by atoms with Crippen LogP contribution < -0.4 is 4.74 Å². The highest BCUT2D eigenvalue weighted by Gasteiger charge is 2.20. The Bertz CT molecular complexity index is 872. The van der Waals surface area contributed by atoms with E-state index < -0.39 is 6.10 Å². The monoisotopic (exact) mass is 367 g/mol. The molecule has 0 aliphatic carbocycles. The largest absolute Gasteiger partial charge is 0.491 e. The van der Waals surface area contributed by atoms with E-state index >= 15 is 0 Å². The topological polar surface area (TPSA) is 68.3 Å². The van der Waals surface area contributed by atoms with Crippen molar-refractivity contribution in [1.29, 1.82) is 0 Å². The molecule has 0 bridgehead atoms. The van der Waals surface area contributed by atoms with E-state index in [0.29, 0.717) is 6.61 Å². The van der Waals surface area contributed by atoms with E-state index in [1.165, 1.54) is 5.56 Å². The Hall–Kier alpha value is -2.64. The lowest BCUT2D eigenvalue weighted by atomic mass is 10.1. The maximum absolute atomic E-state index is 9.75. The van der Waals surface area contributed by atoms with Crippen LogP contribution in [0.5, 0.6) is 5.75 Å². The van der Waals surface area contributed by atoms with E-state index in [1.54, 1.807) is 19.4 Å². The van der Waals surface area contributed by atoms with Gasteiger partial charge in [0.15, 0.2) is 0 Å². The smallest absolute Gasteiger partial charge is 0.123 e. The van der Waals surface area contributed by atoms with Gasteiger partial charge in [0.2, 0.25) is 0 Å². The number of imidazole rings is 1. The fourth-order valence-electron chi connectivity index (χ4n) is 3.38. The van der Waals surface area contributed by atoms with E-state index in [0.717, 1.165) is 49.9 Å². The number of aliphatic hydroxyl groups excluding tert-OH is 1. The molecule has 0 saturated heterocycles. The number of rotatable bonds is 7. The maximum atomic E-state index is 9.75. The van der Waals surface area contributed by atoms with Crippen LogP contribution in [0.3, 0.4) is 0 Å². The van der Waals surface area contributed by atoms with Crippen molar-refractivity contribution in [1.82, 2.24) is 24.2 Å². The molecule has 0 fully saturated rings. The van der Waals surface area contributed by atoms with Gasteiger partial charge in [-0.05, 0) is 19.1 Å². The summed E-state index contributed by atoms with van der Waals surface area (Å²) >= 11 is 0. The molecule has 4 rings (SSSR count). The molecular formula is C20H25N5O2. The molecule has 1 N–H and O–H groups in total. The average molecular weight is 367 g/mol. The number of fused-ring (bicyclic) bond motifs is 1. The second-order valence-corrected chi connectivity index (χ2v) is 6.93. The number of nitrogens with zero attached hydrogens (tertiary/aromatic N) is 5. The van der Waals surface area contributed by atoms with Gasteiger partial charge in [0.1, 0.15) is 12.4 Å². The molecule has 1 atom stereocenters. The lowest BCUT2D eigenvalue weighted by Crippen LogP contribution is -2.33. The molecule has 142 valence electrons. The van der Waals surface area contributed by atoms with Crippen LogP contribution in [-0.4, -0.2) is 42.5 Å². The van der Waals surface area contributed by atoms with Crippen molar-refractivity contribution in [3.63, 3.8) is 0 Å². The zero-order valence-corrected chi connectivity index (χ0v) is 15.5. The maximum Gasteiger partial charge on any atom is 0.123 e. The van der Waals surface area contributed by atoms with Crippen molar-refractivity contribution < 1.29 is 9.84 Å². The van der Waals surface area contributed by atoms with E-state index in [1.807, 2.05) is 33.6 Å². The number of hydrogen-bond donors (Lipinski definition) is 1. The molecule has 0 saturated carbocycles. The number of hydrogen-bond acceptors (Lipinski definition) is 5. The Morgan fingerprint density at radius 1 is 1.26 bits per heavy atom. The molecule has 7 heteroatoms. The van der Waals surface area contributed by atoms with Gasteiger partial charge in [-0.3, -0.25) is 9.58 Å². The van der Waals surface area contributed by atoms with Crippen LogP contribution >= 0.6 is 0 Å². The zero-order chi connectivity index (χ0) is 18.6. The molecule has 0 amide bonds. The van der Waals surface area contributed by atoms with Crippen LogP contribution in [0.15, 0.2) is 49.1 Å². The van der Waals surface area contributed by atoms with Crippen molar-refractivity contribution in [3.05, 3.63) is 66.0 Å². The van der Waals surface area contributed by atoms with Gasteiger partial charge in [0.05, 0.1) is 36.9 Å². The summed E-state index contributed by atoms with van der Waals surface area (Å²) in [5.41, 5.74) is 3.08. The highest BCUT2D eigenvalue weighted by Crippen LogP contribution is 2.23. The lowest BCUT2D eigenvalue weighted by Gasteiger charge is -2.28. The molecule has 3 heterocycles. The van der Waals surface area contributed by atoms with E-state index in [9.17, 15) is 5.11 Å². The first-order valence-corrected chi connectivity index (χ1v) is 9.32. The molecular weight excluding hydrogens is 342 g/mol. The Kier molecular flexibility index (Phi) is 5.22. The average Bonchev–Trinajstić information content (AvgIpc) is 3.32. The molecule has 1 unspecified atom stereocenters.